The topological polar surface area (TPSA) is 69.6 Å². The maximum absolute atomic E-state index is 12.4. The number of fused-ring (bicyclic) bond motifs is 1. The van der Waals surface area contributed by atoms with E-state index in [-0.39, 0.29) is 11.8 Å². The summed E-state index contributed by atoms with van der Waals surface area (Å²) >= 11 is 0. The molecule has 1 fully saturated rings. The predicted octanol–water partition coefficient (Wildman–Crippen LogP) is 1.66. The van der Waals surface area contributed by atoms with Gasteiger partial charge in [0.25, 0.3) is 0 Å². The van der Waals surface area contributed by atoms with Crippen molar-refractivity contribution in [2.45, 2.75) is 31.2 Å². The molecule has 3 rings (SSSR count). The van der Waals surface area contributed by atoms with Crippen LogP contribution in [0.1, 0.15) is 30.7 Å². The number of likely N-dealkylation sites (tertiary alicyclic amines) is 1. The minimum Gasteiger partial charge on any atom is -0.480 e. The predicted molar refractivity (Wildman–Crippen MR) is 74.7 cm³/mol. The Hall–Kier alpha value is -2.04. The van der Waals surface area contributed by atoms with Crippen LogP contribution in [0.25, 0.3) is 0 Å². The Morgan fingerprint density at radius 1 is 1.35 bits per heavy atom. The third-order valence-electron chi connectivity index (χ3n) is 4.22. The number of carboxylic acid groups (broad SMARTS) is 1. The van der Waals surface area contributed by atoms with Gasteiger partial charge in [-0.3, -0.25) is 4.79 Å². The van der Waals surface area contributed by atoms with E-state index < -0.39 is 12.0 Å². The van der Waals surface area contributed by atoms with Crippen molar-refractivity contribution < 1.29 is 14.7 Å². The second kappa shape index (κ2) is 5.15. The number of carboxylic acids is 1. The van der Waals surface area contributed by atoms with Gasteiger partial charge in [-0.2, -0.15) is 0 Å². The highest BCUT2D eigenvalue weighted by atomic mass is 16.4. The summed E-state index contributed by atoms with van der Waals surface area (Å²) in [6, 6.07) is 7.35. The lowest BCUT2D eigenvalue weighted by molar-refractivity contribution is -0.148. The number of amides is 1. The average molecular weight is 274 g/mol. The quantitative estimate of drug-likeness (QED) is 0.879. The Balaban J connectivity index is 1.70. The van der Waals surface area contributed by atoms with E-state index in [4.69, 9.17) is 5.11 Å². The fourth-order valence-corrected chi connectivity index (χ4v) is 3.19. The van der Waals surface area contributed by atoms with Crippen LogP contribution < -0.4 is 5.32 Å². The molecule has 1 aromatic rings. The van der Waals surface area contributed by atoms with Gasteiger partial charge in [0.15, 0.2) is 0 Å². The van der Waals surface area contributed by atoms with E-state index in [0.29, 0.717) is 19.4 Å². The van der Waals surface area contributed by atoms with Gasteiger partial charge in [-0.15, -0.1) is 0 Å². The fourth-order valence-electron chi connectivity index (χ4n) is 3.19. The summed E-state index contributed by atoms with van der Waals surface area (Å²) < 4.78 is 0. The molecule has 20 heavy (non-hydrogen) atoms. The molecule has 5 heteroatoms. The van der Waals surface area contributed by atoms with Gasteiger partial charge < -0.3 is 15.3 Å². The lowest BCUT2D eigenvalue weighted by atomic mass is 9.97. The normalized spacial score (nSPS) is 24.3. The van der Waals surface area contributed by atoms with Crippen LogP contribution in [0.4, 0.5) is 5.69 Å². The molecule has 2 aliphatic rings. The number of para-hydroxylation sites is 1. The Kier molecular flexibility index (Phi) is 3.34. The third-order valence-corrected chi connectivity index (χ3v) is 4.22. The summed E-state index contributed by atoms with van der Waals surface area (Å²) in [5, 5.41) is 12.4. The maximum atomic E-state index is 12.4. The molecule has 106 valence electrons. The van der Waals surface area contributed by atoms with Gasteiger partial charge in [-0.05, 0) is 24.5 Å². The van der Waals surface area contributed by atoms with Crippen molar-refractivity contribution in [3.63, 3.8) is 0 Å². The van der Waals surface area contributed by atoms with Crippen LogP contribution in [-0.2, 0) is 9.59 Å². The fraction of sp³-hybridized carbons (Fsp3) is 0.467. The standard InChI is InChI=1S/C15H18N2O3/c18-14(17-7-3-6-13(17)15(19)20)8-10-9-16-12-5-2-1-4-11(10)12/h1-2,4-5,10,13,16H,3,6-9H2,(H,19,20)/t10?,13-/m0/s1. The lowest BCUT2D eigenvalue weighted by Gasteiger charge is -2.23. The Bertz CT molecular complexity index is 544. The molecule has 2 atom stereocenters. The smallest absolute Gasteiger partial charge is 0.326 e. The lowest BCUT2D eigenvalue weighted by Crippen LogP contribution is -2.41. The van der Waals surface area contributed by atoms with E-state index in [2.05, 4.69) is 5.32 Å². The first-order chi connectivity index (χ1) is 9.66. The highest BCUT2D eigenvalue weighted by Crippen LogP contribution is 2.34. The number of aliphatic carboxylic acids is 1. The molecular weight excluding hydrogens is 256 g/mol. The summed E-state index contributed by atoms with van der Waals surface area (Å²) in [6.07, 6.45) is 1.73. The summed E-state index contributed by atoms with van der Waals surface area (Å²) in [5.74, 6) is -0.784. The van der Waals surface area contributed by atoms with Crippen molar-refractivity contribution in [2.75, 3.05) is 18.4 Å². The third kappa shape index (κ3) is 2.24. The SMILES string of the molecule is O=C(O)[C@@H]1CCCN1C(=O)CC1CNc2ccccc21. The number of hydrogen-bond donors (Lipinski definition) is 2. The summed E-state index contributed by atoms with van der Waals surface area (Å²) in [4.78, 5) is 25.0. The first-order valence-corrected chi connectivity index (χ1v) is 7.02. The molecule has 0 saturated carbocycles. The number of hydrogen-bond acceptors (Lipinski definition) is 3. The van der Waals surface area contributed by atoms with Gasteiger partial charge in [0.1, 0.15) is 6.04 Å². The van der Waals surface area contributed by atoms with Gasteiger partial charge in [0.05, 0.1) is 0 Å². The van der Waals surface area contributed by atoms with Gasteiger partial charge in [0, 0.05) is 31.1 Å². The molecule has 5 nitrogen and oxygen atoms in total. The number of benzene rings is 1. The Morgan fingerprint density at radius 2 is 2.15 bits per heavy atom. The second-order valence-electron chi connectivity index (χ2n) is 5.45. The summed E-state index contributed by atoms with van der Waals surface area (Å²) in [6.45, 7) is 1.31. The highest BCUT2D eigenvalue weighted by Gasteiger charge is 2.35. The van der Waals surface area contributed by atoms with Crippen molar-refractivity contribution in [3.05, 3.63) is 29.8 Å². The van der Waals surface area contributed by atoms with E-state index in [1.807, 2.05) is 24.3 Å². The number of anilines is 1. The summed E-state index contributed by atoms with van der Waals surface area (Å²) in [5.41, 5.74) is 2.24. The van der Waals surface area contributed by atoms with Crippen molar-refractivity contribution in [3.8, 4) is 0 Å². The van der Waals surface area contributed by atoms with Crippen LogP contribution in [0.3, 0.4) is 0 Å². The van der Waals surface area contributed by atoms with E-state index in [1.165, 1.54) is 4.90 Å². The average Bonchev–Trinajstić information content (AvgIpc) is 3.06. The van der Waals surface area contributed by atoms with Crippen LogP contribution in [0.15, 0.2) is 24.3 Å². The van der Waals surface area contributed by atoms with Crippen molar-refractivity contribution >= 4 is 17.6 Å². The Morgan fingerprint density at radius 3 is 2.95 bits per heavy atom. The van der Waals surface area contributed by atoms with E-state index >= 15 is 0 Å². The van der Waals surface area contributed by atoms with E-state index in [1.54, 1.807) is 0 Å². The van der Waals surface area contributed by atoms with Gasteiger partial charge >= 0.3 is 5.97 Å². The molecule has 0 aliphatic carbocycles. The van der Waals surface area contributed by atoms with Crippen LogP contribution in [0.2, 0.25) is 0 Å². The van der Waals surface area contributed by atoms with Crippen LogP contribution in [-0.4, -0.2) is 41.0 Å². The number of carbonyl (C=O) groups is 2. The zero-order chi connectivity index (χ0) is 14.1. The minimum atomic E-state index is -0.888. The molecule has 1 saturated heterocycles. The first-order valence-electron chi connectivity index (χ1n) is 7.02. The van der Waals surface area contributed by atoms with Gasteiger partial charge in [-0.25, -0.2) is 4.79 Å². The molecule has 2 heterocycles. The molecule has 1 aromatic carbocycles. The van der Waals surface area contributed by atoms with Crippen molar-refractivity contribution in [2.24, 2.45) is 0 Å². The second-order valence-corrected chi connectivity index (χ2v) is 5.45. The maximum Gasteiger partial charge on any atom is 0.326 e. The van der Waals surface area contributed by atoms with Crippen molar-refractivity contribution in [1.82, 2.24) is 4.90 Å². The Labute approximate surface area is 117 Å². The van der Waals surface area contributed by atoms with Crippen LogP contribution in [0.5, 0.6) is 0 Å². The summed E-state index contributed by atoms with van der Waals surface area (Å²) in [7, 11) is 0. The highest BCUT2D eigenvalue weighted by molar-refractivity contribution is 5.85. The largest absolute Gasteiger partial charge is 0.480 e. The number of nitrogens with one attached hydrogen (secondary N) is 1. The molecule has 0 spiro atoms. The zero-order valence-electron chi connectivity index (χ0n) is 11.2. The molecule has 1 unspecified atom stereocenters. The van der Waals surface area contributed by atoms with Crippen LogP contribution >= 0.6 is 0 Å². The van der Waals surface area contributed by atoms with E-state index in [9.17, 15) is 9.59 Å². The van der Waals surface area contributed by atoms with E-state index in [0.717, 1.165) is 24.2 Å². The number of rotatable bonds is 3. The zero-order valence-corrected chi connectivity index (χ0v) is 11.2. The molecule has 2 N–H and O–H groups in total. The van der Waals surface area contributed by atoms with Crippen molar-refractivity contribution in [1.29, 1.82) is 0 Å². The minimum absolute atomic E-state index is 0.0431. The molecule has 0 bridgehead atoms. The monoisotopic (exact) mass is 274 g/mol. The molecule has 2 aliphatic heterocycles. The van der Waals surface area contributed by atoms with Gasteiger partial charge in [-0.1, -0.05) is 18.2 Å². The number of carbonyl (C=O) groups excluding carboxylic acids is 1. The molecule has 0 radical (unpaired) electrons. The molecule has 0 aromatic heterocycles. The molecule has 1 amide bonds. The number of nitrogens with zero attached hydrogens (tertiary/aromatic N) is 1. The van der Waals surface area contributed by atoms with Crippen LogP contribution in [0, 0.1) is 0 Å². The van der Waals surface area contributed by atoms with Gasteiger partial charge in [0.2, 0.25) is 5.91 Å². The molecular formula is C15H18N2O3. The first kappa shape index (κ1) is 13.0.